The molecule has 3 heterocycles. The first-order valence-corrected chi connectivity index (χ1v) is 9.70. The maximum atomic E-state index is 12.0. The van der Waals surface area contributed by atoms with Gasteiger partial charge in [-0.05, 0) is 37.3 Å². The van der Waals surface area contributed by atoms with Crippen LogP contribution in [0.1, 0.15) is 17.3 Å². The van der Waals surface area contributed by atoms with Gasteiger partial charge < -0.3 is 22.1 Å². The zero-order chi connectivity index (χ0) is 22.7. The molecule has 11 nitrogen and oxygen atoms in total. The normalized spacial score (nSPS) is 11.7. The van der Waals surface area contributed by atoms with Crippen molar-refractivity contribution >= 4 is 23.4 Å². The Hall–Kier alpha value is -4.67. The van der Waals surface area contributed by atoms with Crippen LogP contribution in [0.3, 0.4) is 0 Å². The number of benzene rings is 1. The summed E-state index contributed by atoms with van der Waals surface area (Å²) in [5.41, 5.74) is 14.1. The molecule has 0 unspecified atom stereocenters. The average molecular weight is 430 g/mol. The van der Waals surface area contributed by atoms with Crippen LogP contribution >= 0.6 is 0 Å². The minimum Gasteiger partial charge on any atom is -0.401 e. The highest BCUT2D eigenvalue weighted by atomic mass is 16.1. The highest BCUT2D eigenvalue weighted by molar-refractivity contribution is 5.98. The van der Waals surface area contributed by atoms with E-state index in [2.05, 4.69) is 37.4 Å². The standard InChI is InChI=1S/C21H22N10O/c1-13(22)14(2)27-21-24-12-18(19(23)32)20(29-21)28-15-9-16(30-7-3-5-25-30)11-17(10-15)31-8-4-6-26-31/h3-12,14H,1,22H2,2H3,(H2,23,32)(H2,24,27,28,29)/t14-/m1/s1. The summed E-state index contributed by atoms with van der Waals surface area (Å²) in [4.78, 5) is 20.6. The minimum absolute atomic E-state index is 0.139. The molecule has 0 aliphatic heterocycles. The lowest BCUT2D eigenvalue weighted by atomic mass is 10.2. The molecule has 0 aliphatic carbocycles. The fourth-order valence-corrected chi connectivity index (χ4v) is 2.93. The molecule has 1 atom stereocenters. The van der Waals surface area contributed by atoms with Crippen molar-refractivity contribution in [3.05, 3.63) is 79.2 Å². The Bertz CT molecular complexity index is 1200. The third-order valence-corrected chi connectivity index (χ3v) is 4.66. The van der Waals surface area contributed by atoms with Gasteiger partial charge in [-0.2, -0.15) is 15.2 Å². The van der Waals surface area contributed by atoms with Gasteiger partial charge in [0.25, 0.3) is 5.91 Å². The highest BCUT2D eigenvalue weighted by Gasteiger charge is 2.15. The van der Waals surface area contributed by atoms with Crippen LogP contribution in [-0.2, 0) is 0 Å². The molecule has 3 aromatic heterocycles. The van der Waals surface area contributed by atoms with Gasteiger partial charge in [-0.3, -0.25) is 4.79 Å². The van der Waals surface area contributed by atoms with Gasteiger partial charge in [-0.15, -0.1) is 0 Å². The third-order valence-electron chi connectivity index (χ3n) is 4.66. The lowest BCUT2D eigenvalue weighted by molar-refractivity contribution is 0.100. The molecule has 162 valence electrons. The van der Waals surface area contributed by atoms with Gasteiger partial charge in [0.2, 0.25) is 5.95 Å². The molecular formula is C21H22N10O. The van der Waals surface area contributed by atoms with Gasteiger partial charge in [0, 0.05) is 42.4 Å². The van der Waals surface area contributed by atoms with Crippen LogP contribution in [0.2, 0.25) is 0 Å². The van der Waals surface area contributed by atoms with E-state index in [4.69, 9.17) is 11.5 Å². The number of hydrogen-bond donors (Lipinski definition) is 4. The second-order valence-electron chi connectivity index (χ2n) is 7.03. The van der Waals surface area contributed by atoms with E-state index in [1.165, 1.54) is 6.20 Å². The Labute approximate surface area is 183 Å². The van der Waals surface area contributed by atoms with E-state index in [-0.39, 0.29) is 23.4 Å². The van der Waals surface area contributed by atoms with Crippen molar-refractivity contribution in [2.75, 3.05) is 10.6 Å². The first-order valence-electron chi connectivity index (χ1n) is 9.70. The summed E-state index contributed by atoms with van der Waals surface area (Å²) >= 11 is 0. The van der Waals surface area contributed by atoms with Crippen LogP contribution in [0.15, 0.2) is 73.6 Å². The highest BCUT2D eigenvalue weighted by Crippen LogP contribution is 2.25. The largest absolute Gasteiger partial charge is 0.401 e. The van der Waals surface area contributed by atoms with Crippen LogP contribution < -0.4 is 22.1 Å². The summed E-state index contributed by atoms with van der Waals surface area (Å²) < 4.78 is 3.43. The van der Waals surface area contributed by atoms with E-state index in [0.717, 1.165) is 11.4 Å². The lowest BCUT2D eigenvalue weighted by Crippen LogP contribution is -2.24. The second kappa shape index (κ2) is 8.60. The molecule has 1 amide bonds. The molecule has 0 fully saturated rings. The number of nitrogens with two attached hydrogens (primary N) is 2. The fraction of sp³-hybridized carbons (Fsp3) is 0.0952. The molecule has 0 saturated heterocycles. The number of primary amides is 1. The van der Waals surface area contributed by atoms with E-state index in [0.29, 0.717) is 11.4 Å². The Morgan fingerprint density at radius 2 is 1.69 bits per heavy atom. The number of carbonyl (C=O) groups is 1. The summed E-state index contributed by atoms with van der Waals surface area (Å²) in [6.45, 7) is 5.53. The second-order valence-corrected chi connectivity index (χ2v) is 7.03. The number of rotatable bonds is 8. The Kier molecular flexibility index (Phi) is 5.53. The molecular weight excluding hydrogens is 408 g/mol. The smallest absolute Gasteiger partial charge is 0.254 e. The fourth-order valence-electron chi connectivity index (χ4n) is 2.93. The zero-order valence-corrected chi connectivity index (χ0v) is 17.3. The number of hydrogen-bond acceptors (Lipinski definition) is 8. The predicted molar refractivity (Wildman–Crippen MR) is 121 cm³/mol. The molecule has 11 heteroatoms. The van der Waals surface area contributed by atoms with Crippen molar-refractivity contribution in [3.8, 4) is 11.4 Å². The molecule has 1 aromatic carbocycles. The number of anilines is 3. The quantitative estimate of drug-likeness (QED) is 0.331. The zero-order valence-electron chi connectivity index (χ0n) is 17.3. The van der Waals surface area contributed by atoms with Crippen LogP contribution in [-0.4, -0.2) is 41.5 Å². The number of carbonyl (C=O) groups excluding carboxylic acids is 1. The molecule has 0 spiro atoms. The van der Waals surface area contributed by atoms with E-state index in [9.17, 15) is 4.79 Å². The SMILES string of the molecule is C=C(N)[C@@H](C)Nc1ncc(C(N)=O)c(Nc2cc(-n3cccn3)cc(-n3cccn3)c2)n1. The summed E-state index contributed by atoms with van der Waals surface area (Å²) in [5, 5.41) is 14.8. The van der Waals surface area contributed by atoms with Gasteiger partial charge >= 0.3 is 0 Å². The molecule has 4 rings (SSSR count). The Morgan fingerprint density at radius 1 is 1.06 bits per heavy atom. The van der Waals surface area contributed by atoms with Gasteiger partial charge in [0.1, 0.15) is 11.4 Å². The van der Waals surface area contributed by atoms with Gasteiger partial charge in [-0.1, -0.05) is 6.58 Å². The summed E-state index contributed by atoms with van der Waals surface area (Å²) in [6.07, 6.45) is 8.39. The van der Waals surface area contributed by atoms with Gasteiger partial charge in [-0.25, -0.2) is 14.3 Å². The number of nitrogens with one attached hydrogen (secondary N) is 2. The minimum atomic E-state index is -0.661. The predicted octanol–water partition coefficient (Wildman–Crippen LogP) is 1.96. The molecule has 0 saturated carbocycles. The Morgan fingerprint density at radius 3 is 2.19 bits per heavy atom. The average Bonchev–Trinajstić information content (AvgIpc) is 3.48. The van der Waals surface area contributed by atoms with Crippen molar-refractivity contribution in [1.82, 2.24) is 29.5 Å². The summed E-state index contributed by atoms with van der Waals surface area (Å²) in [7, 11) is 0. The van der Waals surface area contributed by atoms with Crippen molar-refractivity contribution < 1.29 is 4.79 Å². The Balaban J connectivity index is 1.75. The number of aromatic nitrogens is 6. The maximum Gasteiger partial charge on any atom is 0.254 e. The summed E-state index contributed by atoms with van der Waals surface area (Å²) in [5.74, 6) is -0.146. The van der Waals surface area contributed by atoms with Crippen molar-refractivity contribution in [2.45, 2.75) is 13.0 Å². The monoisotopic (exact) mass is 430 g/mol. The molecule has 0 bridgehead atoms. The molecule has 0 radical (unpaired) electrons. The van der Waals surface area contributed by atoms with Crippen LogP contribution in [0.25, 0.3) is 11.4 Å². The molecule has 4 aromatic rings. The topological polar surface area (TPSA) is 155 Å². The van der Waals surface area contributed by atoms with Gasteiger partial charge in [0.05, 0.1) is 17.4 Å². The van der Waals surface area contributed by atoms with Crippen LogP contribution in [0.4, 0.5) is 17.5 Å². The van der Waals surface area contributed by atoms with E-state index in [1.54, 1.807) is 21.8 Å². The first kappa shape index (κ1) is 20.6. The molecule has 0 aliphatic rings. The van der Waals surface area contributed by atoms with E-state index >= 15 is 0 Å². The lowest BCUT2D eigenvalue weighted by Gasteiger charge is -2.16. The third kappa shape index (κ3) is 4.41. The van der Waals surface area contributed by atoms with Crippen LogP contribution in [0.5, 0.6) is 0 Å². The molecule has 6 N–H and O–H groups in total. The van der Waals surface area contributed by atoms with Crippen molar-refractivity contribution in [2.24, 2.45) is 11.5 Å². The van der Waals surface area contributed by atoms with E-state index < -0.39 is 5.91 Å². The van der Waals surface area contributed by atoms with Crippen molar-refractivity contribution in [1.29, 1.82) is 0 Å². The number of amides is 1. The van der Waals surface area contributed by atoms with Crippen LogP contribution in [0, 0.1) is 0 Å². The van der Waals surface area contributed by atoms with E-state index in [1.807, 2.05) is 49.6 Å². The summed E-state index contributed by atoms with van der Waals surface area (Å²) in [6, 6.07) is 9.05. The number of nitrogens with zero attached hydrogens (tertiary/aromatic N) is 6. The van der Waals surface area contributed by atoms with Crippen molar-refractivity contribution in [3.63, 3.8) is 0 Å². The molecule has 32 heavy (non-hydrogen) atoms. The van der Waals surface area contributed by atoms with Gasteiger partial charge in [0.15, 0.2) is 0 Å². The maximum absolute atomic E-state index is 12.0. The first-order chi connectivity index (χ1) is 15.4.